The zero-order valence-electron chi connectivity index (χ0n) is 20.7. The van der Waals surface area contributed by atoms with E-state index in [4.69, 9.17) is 16.3 Å². The van der Waals surface area contributed by atoms with Crippen LogP contribution in [0.5, 0.6) is 5.75 Å². The molecule has 0 amide bonds. The largest absolute Gasteiger partial charge is 0.497 e. The predicted octanol–water partition coefficient (Wildman–Crippen LogP) is 5.46. The van der Waals surface area contributed by atoms with E-state index in [0.29, 0.717) is 54.1 Å². The molecule has 0 radical (unpaired) electrons. The first-order chi connectivity index (χ1) is 17.8. The number of halogens is 2. The van der Waals surface area contributed by atoms with E-state index in [2.05, 4.69) is 21.7 Å². The molecule has 1 fully saturated rings. The number of aliphatic hydroxyl groups is 1. The number of carboxylic acids is 1. The molecule has 0 bridgehead atoms. The fraction of sp³-hybridized carbons (Fsp3) is 0.379. The number of carboxylic acid groups (broad SMARTS) is 1. The Hall–Kier alpha value is -3.18. The molecule has 2 aromatic carbocycles. The number of methoxy groups -OCH3 is 1. The van der Waals surface area contributed by atoms with Gasteiger partial charge in [0.15, 0.2) is 0 Å². The van der Waals surface area contributed by atoms with Gasteiger partial charge >= 0.3 is 5.97 Å². The summed E-state index contributed by atoms with van der Waals surface area (Å²) in [5.74, 6) is 5.69. The number of ether oxygens (including phenoxy) is 1. The lowest BCUT2D eigenvalue weighted by molar-refractivity contribution is -0.141. The second kappa shape index (κ2) is 11.9. The molecule has 0 saturated carbocycles. The summed E-state index contributed by atoms with van der Waals surface area (Å²) in [6.07, 6.45) is 3.05. The van der Waals surface area contributed by atoms with Crippen molar-refractivity contribution in [3.8, 4) is 17.6 Å². The van der Waals surface area contributed by atoms with Gasteiger partial charge in [-0.15, -0.1) is 0 Å². The summed E-state index contributed by atoms with van der Waals surface area (Å²) in [7, 11) is 1.58. The Morgan fingerprint density at radius 1 is 1.24 bits per heavy atom. The third kappa shape index (κ3) is 6.78. The van der Waals surface area contributed by atoms with E-state index in [1.165, 1.54) is 18.3 Å². The van der Waals surface area contributed by atoms with Gasteiger partial charge in [0.2, 0.25) is 0 Å². The van der Waals surface area contributed by atoms with E-state index in [1.807, 2.05) is 12.1 Å². The molecule has 3 aromatic rings. The molecule has 0 aliphatic carbocycles. The number of aliphatic carboxylic acids is 1. The molecule has 6 nitrogen and oxygen atoms in total. The van der Waals surface area contributed by atoms with Crippen molar-refractivity contribution < 1.29 is 24.1 Å². The van der Waals surface area contributed by atoms with Crippen LogP contribution in [0.1, 0.15) is 49.3 Å². The lowest BCUT2D eigenvalue weighted by atomic mass is 9.71. The highest BCUT2D eigenvalue weighted by Gasteiger charge is 2.37. The molecule has 1 aromatic heterocycles. The van der Waals surface area contributed by atoms with Gasteiger partial charge in [-0.1, -0.05) is 23.4 Å². The molecule has 1 atom stereocenters. The number of hydrogen-bond acceptors (Lipinski definition) is 5. The standard InChI is InChI=1S/C29H30ClFN2O4/c1-37-22-8-9-25-23(17-22)28(24(30)19-32-25)26(34)10-11-29(18-27(35)36)12-15-33(16-13-29)14-2-3-20-4-6-21(31)7-5-20/h4-9,17,19,26,34H,10-16,18H2,1H3,(H,35,36). The van der Waals surface area contributed by atoms with E-state index < -0.39 is 17.5 Å². The molecule has 2 heterocycles. The van der Waals surface area contributed by atoms with E-state index in [9.17, 15) is 19.4 Å². The summed E-state index contributed by atoms with van der Waals surface area (Å²) in [4.78, 5) is 18.3. The van der Waals surface area contributed by atoms with Crippen molar-refractivity contribution in [2.45, 2.75) is 38.2 Å². The SMILES string of the molecule is COc1ccc2ncc(Cl)c(C(O)CCC3(CC(=O)O)CCN(CC#Cc4ccc(F)cc4)CC3)c2c1. The van der Waals surface area contributed by atoms with Gasteiger partial charge in [-0.2, -0.15) is 0 Å². The first-order valence-electron chi connectivity index (χ1n) is 12.3. The van der Waals surface area contributed by atoms with Crippen LogP contribution >= 0.6 is 11.6 Å². The molecular formula is C29H30ClFN2O4. The minimum absolute atomic E-state index is 0.0491. The number of fused-ring (bicyclic) bond motifs is 1. The van der Waals surface area contributed by atoms with Crippen LogP contribution in [0.3, 0.4) is 0 Å². The van der Waals surface area contributed by atoms with Gasteiger partial charge in [0.1, 0.15) is 11.6 Å². The molecule has 37 heavy (non-hydrogen) atoms. The van der Waals surface area contributed by atoms with Crippen LogP contribution in [0.4, 0.5) is 4.39 Å². The normalized spacial score (nSPS) is 16.1. The van der Waals surface area contributed by atoms with Crippen LogP contribution < -0.4 is 4.74 Å². The van der Waals surface area contributed by atoms with E-state index in [0.717, 1.165) is 24.0 Å². The van der Waals surface area contributed by atoms with Crippen molar-refractivity contribution in [1.29, 1.82) is 0 Å². The summed E-state index contributed by atoms with van der Waals surface area (Å²) in [5.41, 5.74) is 1.63. The van der Waals surface area contributed by atoms with E-state index >= 15 is 0 Å². The van der Waals surface area contributed by atoms with Gasteiger partial charge in [0.05, 0.1) is 36.7 Å². The Morgan fingerprint density at radius 2 is 1.97 bits per heavy atom. The van der Waals surface area contributed by atoms with Crippen LogP contribution in [-0.2, 0) is 4.79 Å². The van der Waals surface area contributed by atoms with Gasteiger partial charge in [-0.05, 0) is 86.7 Å². The van der Waals surface area contributed by atoms with Gasteiger partial charge in [0, 0.05) is 22.7 Å². The second-order valence-electron chi connectivity index (χ2n) is 9.61. The average molecular weight is 525 g/mol. The molecule has 8 heteroatoms. The van der Waals surface area contributed by atoms with Crippen LogP contribution in [-0.4, -0.2) is 52.8 Å². The third-order valence-electron chi connectivity index (χ3n) is 7.17. The van der Waals surface area contributed by atoms with Crippen molar-refractivity contribution in [2.24, 2.45) is 5.41 Å². The minimum Gasteiger partial charge on any atom is -0.497 e. The van der Waals surface area contributed by atoms with Crippen molar-refractivity contribution in [3.05, 3.63) is 70.6 Å². The Balaban J connectivity index is 1.42. The van der Waals surface area contributed by atoms with Crippen molar-refractivity contribution >= 4 is 28.5 Å². The number of nitrogens with zero attached hydrogens (tertiary/aromatic N) is 2. The van der Waals surface area contributed by atoms with Crippen molar-refractivity contribution in [1.82, 2.24) is 9.88 Å². The fourth-order valence-corrected chi connectivity index (χ4v) is 5.31. The third-order valence-corrected chi connectivity index (χ3v) is 7.47. The number of carbonyl (C=O) groups is 1. The number of pyridine rings is 1. The average Bonchev–Trinajstić information content (AvgIpc) is 2.89. The van der Waals surface area contributed by atoms with Crippen LogP contribution in [0, 0.1) is 23.1 Å². The molecule has 1 unspecified atom stereocenters. The van der Waals surface area contributed by atoms with Crippen LogP contribution in [0.2, 0.25) is 5.02 Å². The van der Waals surface area contributed by atoms with E-state index in [-0.39, 0.29) is 12.2 Å². The highest BCUT2D eigenvalue weighted by atomic mass is 35.5. The van der Waals surface area contributed by atoms with Gasteiger partial charge in [-0.25, -0.2) is 4.39 Å². The number of benzene rings is 2. The first-order valence-corrected chi connectivity index (χ1v) is 12.7. The number of aliphatic hydroxyl groups excluding tert-OH is 1. The number of piperidine rings is 1. The molecule has 0 spiro atoms. The Labute approximate surface area is 221 Å². The van der Waals surface area contributed by atoms with Crippen molar-refractivity contribution in [3.63, 3.8) is 0 Å². The molecule has 1 aliphatic heterocycles. The lowest BCUT2D eigenvalue weighted by Crippen LogP contribution is -2.41. The maximum Gasteiger partial charge on any atom is 0.303 e. The number of rotatable bonds is 8. The fourth-order valence-electron chi connectivity index (χ4n) is 5.03. The highest BCUT2D eigenvalue weighted by molar-refractivity contribution is 6.32. The molecule has 1 aliphatic rings. The number of likely N-dealkylation sites (tertiary alicyclic amines) is 1. The van der Waals surface area contributed by atoms with Crippen LogP contribution in [0.25, 0.3) is 10.9 Å². The molecule has 4 rings (SSSR count). The lowest BCUT2D eigenvalue weighted by Gasteiger charge is -2.41. The summed E-state index contributed by atoms with van der Waals surface area (Å²) < 4.78 is 18.4. The molecule has 194 valence electrons. The quantitative estimate of drug-likeness (QED) is 0.381. The van der Waals surface area contributed by atoms with Crippen molar-refractivity contribution in [2.75, 3.05) is 26.7 Å². The number of hydrogen-bond donors (Lipinski definition) is 2. The maximum absolute atomic E-state index is 13.1. The Bertz CT molecular complexity index is 1310. The maximum atomic E-state index is 13.1. The molecule has 2 N–H and O–H groups in total. The van der Waals surface area contributed by atoms with Gasteiger partial charge in [-0.3, -0.25) is 14.7 Å². The summed E-state index contributed by atoms with van der Waals surface area (Å²) >= 11 is 6.46. The smallest absolute Gasteiger partial charge is 0.303 e. The molecular weight excluding hydrogens is 495 g/mol. The Morgan fingerprint density at radius 3 is 2.65 bits per heavy atom. The summed E-state index contributed by atoms with van der Waals surface area (Å²) in [6, 6.07) is 11.5. The predicted molar refractivity (Wildman–Crippen MR) is 141 cm³/mol. The molecule has 1 saturated heterocycles. The minimum atomic E-state index is -0.865. The zero-order valence-corrected chi connectivity index (χ0v) is 21.5. The monoisotopic (exact) mass is 524 g/mol. The second-order valence-corrected chi connectivity index (χ2v) is 10.0. The topological polar surface area (TPSA) is 82.9 Å². The van der Waals surface area contributed by atoms with Gasteiger partial charge < -0.3 is 14.9 Å². The zero-order chi connectivity index (χ0) is 26.4. The van der Waals surface area contributed by atoms with Gasteiger partial charge in [0.25, 0.3) is 0 Å². The Kier molecular flexibility index (Phi) is 8.65. The summed E-state index contributed by atoms with van der Waals surface area (Å²) in [5, 5.41) is 21.9. The summed E-state index contributed by atoms with van der Waals surface area (Å²) in [6.45, 7) is 2.00. The van der Waals surface area contributed by atoms with E-state index in [1.54, 1.807) is 25.3 Å². The first kappa shape index (κ1) is 26.9. The highest BCUT2D eigenvalue weighted by Crippen LogP contribution is 2.43. The number of aromatic nitrogens is 1. The van der Waals surface area contributed by atoms with Crippen LogP contribution in [0.15, 0.2) is 48.7 Å².